The predicted molar refractivity (Wildman–Crippen MR) is 83.9 cm³/mol. The minimum Gasteiger partial charge on any atom is -0.508 e. The van der Waals surface area contributed by atoms with Crippen LogP contribution in [-0.2, 0) is 0 Å². The lowest BCUT2D eigenvalue weighted by Crippen LogP contribution is -2.22. The summed E-state index contributed by atoms with van der Waals surface area (Å²) in [6, 6.07) is 12.8. The molecule has 0 fully saturated rings. The number of phenols is 2. The van der Waals surface area contributed by atoms with Crippen molar-refractivity contribution in [2.75, 3.05) is 0 Å². The quantitative estimate of drug-likeness (QED) is 0.781. The van der Waals surface area contributed by atoms with Gasteiger partial charge in [0.2, 0.25) is 0 Å². The summed E-state index contributed by atoms with van der Waals surface area (Å²) in [5.74, 6) is 0.168. The Morgan fingerprint density at radius 2 is 1.60 bits per heavy atom. The maximum Gasteiger partial charge on any atom is 0.124 e. The Balaban J connectivity index is 2.15. The van der Waals surface area contributed by atoms with Gasteiger partial charge < -0.3 is 15.5 Å². The molecule has 0 spiro atoms. The first-order chi connectivity index (χ1) is 9.49. The standard InChI is InChI=1S/C16H18BrNO2/c1-10(13-5-3-4-6-15(13)17)18-11(2)14-8-7-12(19)9-16(14)20/h3-11,18-20H,1-2H3/t10-,11?/m0/s1. The first kappa shape index (κ1) is 14.9. The van der Waals surface area contributed by atoms with Gasteiger partial charge >= 0.3 is 0 Å². The molecule has 0 amide bonds. The van der Waals surface area contributed by atoms with Gasteiger partial charge in [-0.2, -0.15) is 0 Å². The van der Waals surface area contributed by atoms with Crippen molar-refractivity contribution < 1.29 is 10.2 Å². The third-order valence-electron chi connectivity index (χ3n) is 3.35. The van der Waals surface area contributed by atoms with E-state index in [1.54, 1.807) is 12.1 Å². The van der Waals surface area contributed by atoms with Gasteiger partial charge in [0.15, 0.2) is 0 Å². The number of benzene rings is 2. The van der Waals surface area contributed by atoms with Crippen LogP contribution >= 0.6 is 15.9 Å². The zero-order valence-corrected chi connectivity index (χ0v) is 13.1. The Bertz CT molecular complexity index is 601. The van der Waals surface area contributed by atoms with Crippen molar-refractivity contribution in [3.05, 3.63) is 58.1 Å². The van der Waals surface area contributed by atoms with Crippen LogP contribution in [0.15, 0.2) is 46.9 Å². The van der Waals surface area contributed by atoms with Gasteiger partial charge in [0.1, 0.15) is 11.5 Å². The fourth-order valence-corrected chi connectivity index (χ4v) is 2.91. The fraction of sp³-hybridized carbons (Fsp3) is 0.250. The molecule has 0 bridgehead atoms. The van der Waals surface area contributed by atoms with Crippen molar-refractivity contribution in [2.45, 2.75) is 25.9 Å². The second-order valence-electron chi connectivity index (χ2n) is 4.87. The molecule has 0 heterocycles. The minimum atomic E-state index is -0.0299. The van der Waals surface area contributed by atoms with E-state index in [0.29, 0.717) is 0 Å². The van der Waals surface area contributed by atoms with Crippen molar-refractivity contribution in [2.24, 2.45) is 0 Å². The summed E-state index contributed by atoms with van der Waals surface area (Å²) in [6.45, 7) is 4.06. The fourth-order valence-electron chi connectivity index (χ4n) is 2.28. The lowest BCUT2D eigenvalue weighted by atomic mass is 10.0. The molecule has 1 unspecified atom stereocenters. The van der Waals surface area contributed by atoms with E-state index in [9.17, 15) is 10.2 Å². The highest BCUT2D eigenvalue weighted by molar-refractivity contribution is 9.10. The van der Waals surface area contributed by atoms with Crippen LogP contribution in [0.3, 0.4) is 0 Å². The van der Waals surface area contributed by atoms with Crippen LogP contribution in [0.25, 0.3) is 0 Å². The van der Waals surface area contributed by atoms with Crippen molar-refractivity contribution in [3.8, 4) is 11.5 Å². The summed E-state index contributed by atoms with van der Waals surface area (Å²) < 4.78 is 1.06. The molecule has 3 nitrogen and oxygen atoms in total. The second-order valence-corrected chi connectivity index (χ2v) is 5.73. The first-order valence-corrected chi connectivity index (χ1v) is 7.30. The van der Waals surface area contributed by atoms with E-state index in [0.717, 1.165) is 15.6 Å². The number of nitrogens with one attached hydrogen (secondary N) is 1. The SMILES string of the molecule is CC(N[C@@H](C)c1ccccc1Br)c1ccc(O)cc1O. The Labute approximate surface area is 127 Å². The van der Waals surface area contributed by atoms with Gasteiger partial charge in [-0.05, 0) is 31.5 Å². The Morgan fingerprint density at radius 3 is 2.25 bits per heavy atom. The molecule has 0 aliphatic carbocycles. The van der Waals surface area contributed by atoms with Crippen LogP contribution < -0.4 is 5.32 Å². The maximum absolute atomic E-state index is 9.89. The molecule has 0 saturated heterocycles. The molecule has 2 aromatic carbocycles. The molecule has 0 radical (unpaired) electrons. The van der Waals surface area contributed by atoms with Crippen molar-refractivity contribution >= 4 is 15.9 Å². The van der Waals surface area contributed by atoms with Crippen LogP contribution in [0.2, 0.25) is 0 Å². The highest BCUT2D eigenvalue weighted by Crippen LogP contribution is 2.30. The molecule has 2 aromatic rings. The van der Waals surface area contributed by atoms with Gasteiger partial charge in [0.05, 0.1) is 0 Å². The summed E-state index contributed by atoms with van der Waals surface area (Å²) in [4.78, 5) is 0. The summed E-state index contributed by atoms with van der Waals surface area (Å²) in [5, 5.41) is 22.7. The Hall–Kier alpha value is -1.52. The van der Waals surface area contributed by atoms with E-state index in [2.05, 4.69) is 34.2 Å². The van der Waals surface area contributed by atoms with E-state index >= 15 is 0 Å². The topological polar surface area (TPSA) is 52.5 Å². The summed E-state index contributed by atoms with van der Waals surface area (Å²) >= 11 is 3.54. The van der Waals surface area contributed by atoms with Crippen molar-refractivity contribution in [1.29, 1.82) is 0 Å². The number of rotatable bonds is 4. The normalized spacial score (nSPS) is 13.9. The van der Waals surface area contributed by atoms with E-state index in [4.69, 9.17) is 0 Å². The average Bonchev–Trinajstić information content (AvgIpc) is 2.38. The molecule has 2 rings (SSSR count). The van der Waals surface area contributed by atoms with Gasteiger partial charge in [-0.3, -0.25) is 0 Å². The smallest absolute Gasteiger partial charge is 0.124 e. The molecule has 2 atom stereocenters. The zero-order valence-electron chi connectivity index (χ0n) is 11.5. The van der Waals surface area contributed by atoms with Crippen molar-refractivity contribution in [1.82, 2.24) is 5.32 Å². The van der Waals surface area contributed by atoms with Crippen LogP contribution in [0.1, 0.15) is 37.1 Å². The molecule has 0 saturated carbocycles. The zero-order chi connectivity index (χ0) is 14.7. The van der Waals surface area contributed by atoms with Gasteiger partial charge in [-0.25, -0.2) is 0 Å². The summed E-state index contributed by atoms with van der Waals surface area (Å²) in [6.07, 6.45) is 0. The molecule has 0 aliphatic heterocycles. The lowest BCUT2D eigenvalue weighted by molar-refractivity contribution is 0.427. The van der Waals surface area contributed by atoms with E-state index in [-0.39, 0.29) is 23.6 Å². The van der Waals surface area contributed by atoms with Crippen LogP contribution in [0.5, 0.6) is 11.5 Å². The van der Waals surface area contributed by atoms with Crippen LogP contribution in [0, 0.1) is 0 Å². The van der Waals surface area contributed by atoms with Crippen LogP contribution in [0.4, 0.5) is 0 Å². The molecule has 20 heavy (non-hydrogen) atoms. The van der Waals surface area contributed by atoms with Gasteiger partial charge in [0, 0.05) is 28.2 Å². The monoisotopic (exact) mass is 335 g/mol. The molecular weight excluding hydrogens is 318 g/mol. The van der Waals surface area contributed by atoms with E-state index in [1.807, 2.05) is 25.1 Å². The molecular formula is C16H18BrNO2. The Kier molecular flexibility index (Phi) is 4.68. The lowest BCUT2D eigenvalue weighted by Gasteiger charge is -2.22. The largest absolute Gasteiger partial charge is 0.508 e. The maximum atomic E-state index is 9.89. The molecule has 106 valence electrons. The number of phenolic OH excluding ortho intramolecular Hbond substituents is 2. The van der Waals surface area contributed by atoms with E-state index < -0.39 is 0 Å². The summed E-state index contributed by atoms with van der Waals surface area (Å²) in [7, 11) is 0. The predicted octanol–water partition coefficient (Wildman–Crippen LogP) is 4.27. The van der Waals surface area contributed by atoms with E-state index in [1.165, 1.54) is 6.07 Å². The highest BCUT2D eigenvalue weighted by atomic mass is 79.9. The highest BCUT2D eigenvalue weighted by Gasteiger charge is 2.15. The second kappa shape index (κ2) is 6.29. The first-order valence-electron chi connectivity index (χ1n) is 6.51. The number of hydrogen-bond acceptors (Lipinski definition) is 3. The molecule has 0 aromatic heterocycles. The third kappa shape index (κ3) is 3.32. The van der Waals surface area contributed by atoms with Crippen molar-refractivity contribution in [3.63, 3.8) is 0 Å². The van der Waals surface area contributed by atoms with Gasteiger partial charge in [-0.1, -0.05) is 40.2 Å². The molecule has 3 N–H and O–H groups in total. The third-order valence-corrected chi connectivity index (χ3v) is 4.07. The van der Waals surface area contributed by atoms with Gasteiger partial charge in [0.25, 0.3) is 0 Å². The number of hydrogen-bond donors (Lipinski definition) is 3. The minimum absolute atomic E-state index is 0.0299. The molecule has 0 aliphatic rings. The number of aromatic hydroxyl groups is 2. The number of halogens is 1. The Morgan fingerprint density at radius 1 is 0.950 bits per heavy atom. The molecule has 4 heteroatoms. The summed E-state index contributed by atoms with van der Waals surface area (Å²) in [5.41, 5.74) is 1.93. The van der Waals surface area contributed by atoms with Crippen LogP contribution in [-0.4, -0.2) is 10.2 Å². The average molecular weight is 336 g/mol. The van der Waals surface area contributed by atoms with Gasteiger partial charge in [-0.15, -0.1) is 0 Å².